The van der Waals surface area contributed by atoms with Gasteiger partial charge in [-0.3, -0.25) is 35.5 Å². The van der Waals surface area contributed by atoms with Gasteiger partial charge in [0.15, 0.2) is 0 Å². The monoisotopic (exact) mass is 1360 g/mol. The van der Waals surface area contributed by atoms with E-state index in [4.69, 9.17) is 4.84 Å². The molecule has 0 radical (unpaired) electrons. The Morgan fingerprint density at radius 2 is 0.551 bits per heavy atom. The van der Waals surface area contributed by atoms with E-state index in [-0.39, 0.29) is 80.3 Å². The van der Waals surface area contributed by atoms with Gasteiger partial charge in [-0.1, -0.05) is 225 Å². The Bertz CT molecular complexity index is 3540. The number of benzene rings is 8. The molecule has 4 N–H and O–H groups in total. The number of nitrogens with zero attached hydrogens (tertiary/aromatic N) is 5. The van der Waals surface area contributed by atoms with Crippen molar-refractivity contribution in [3.05, 3.63) is 243 Å². The van der Waals surface area contributed by atoms with Crippen molar-refractivity contribution in [2.45, 2.75) is 105 Å². The van der Waals surface area contributed by atoms with E-state index in [0.29, 0.717) is 72.6 Å². The maximum Gasteiger partial charge on any atom is 2.00 e. The predicted molar refractivity (Wildman–Crippen MR) is 376 cm³/mol. The van der Waals surface area contributed by atoms with Crippen LogP contribution in [0.3, 0.4) is 0 Å². The van der Waals surface area contributed by atoms with E-state index in [1.165, 1.54) is 15.0 Å². The fraction of sp³-hybridized carbons (Fsp3) is 0.263. The second-order valence-electron chi connectivity index (χ2n) is 22.2. The van der Waals surface area contributed by atoms with Crippen LogP contribution in [0.4, 0.5) is 45.5 Å². The van der Waals surface area contributed by atoms with E-state index in [1.54, 1.807) is 146 Å². The Hall–Kier alpha value is -10.1. The first-order chi connectivity index (χ1) is 46.6. The predicted octanol–water partition coefficient (Wildman–Crippen LogP) is 11.0. The zero-order chi connectivity index (χ0) is 69.0. The number of unbranched alkanes of at least 4 members (excludes halogenated alkanes) is 4. The number of carbonyl (C=O) groups excluding carboxylic acids is 8. The largest absolute Gasteiger partial charge is 2.00 e. The number of nitrogens with one attached hydrogen (secondary N) is 3. The summed E-state index contributed by atoms with van der Waals surface area (Å²) in [5.41, 5.74) is 13.3. The van der Waals surface area contributed by atoms with Crippen LogP contribution in [0, 0.1) is 23.7 Å². The van der Waals surface area contributed by atoms with E-state index in [0.717, 1.165) is 23.0 Å². The van der Waals surface area contributed by atoms with Crippen molar-refractivity contribution in [2.75, 3.05) is 41.5 Å². The number of amides is 4. The van der Waals surface area contributed by atoms with Gasteiger partial charge in [0.2, 0.25) is 0 Å². The van der Waals surface area contributed by atoms with Gasteiger partial charge in [-0.15, -0.1) is 5.17 Å². The summed E-state index contributed by atoms with van der Waals surface area (Å²) in [4.78, 5) is 110. The summed E-state index contributed by atoms with van der Waals surface area (Å²) in [7, 11) is 0. The van der Waals surface area contributed by atoms with Crippen LogP contribution in [0.25, 0.3) is 0 Å². The number of para-hydroxylation sites is 8. The topological polar surface area (TPSA) is 297 Å². The van der Waals surface area contributed by atoms with Gasteiger partial charge in [0, 0.05) is 0 Å². The average molecular weight is 1360 g/mol. The second-order valence-corrected chi connectivity index (χ2v) is 22.2. The Morgan fingerprint density at radius 1 is 0.327 bits per heavy atom. The van der Waals surface area contributed by atoms with Crippen LogP contribution < -0.4 is 56.8 Å². The molecule has 8 aromatic rings. The average Bonchev–Trinajstić information content (AvgIpc) is 0.801. The quantitative estimate of drug-likeness (QED) is 0.0196. The molecule has 0 aliphatic rings. The van der Waals surface area contributed by atoms with Gasteiger partial charge in [-0.05, 0) is 123 Å². The Kier molecular flexibility index (Phi) is 36.0. The fourth-order valence-corrected chi connectivity index (χ4v) is 9.82. The molecule has 8 rings (SSSR count). The van der Waals surface area contributed by atoms with Crippen molar-refractivity contribution >= 4 is 131 Å². The third-order valence-electron chi connectivity index (χ3n) is 15.0. The third-order valence-corrected chi connectivity index (χ3v) is 15.0. The van der Waals surface area contributed by atoms with Gasteiger partial charge >= 0.3 is 43.7 Å². The molecule has 0 fully saturated rings. The number of carboxylic acids is 3. The van der Waals surface area contributed by atoms with E-state index in [2.05, 4.69) is 16.3 Å². The smallest absolute Gasteiger partial charge is 0.870 e. The Morgan fingerprint density at radius 3 is 0.816 bits per heavy atom. The maximum absolute atomic E-state index is 14.4. The number of carboxylic acid groups (broad SMARTS) is 3. The van der Waals surface area contributed by atoms with Crippen LogP contribution in [0.1, 0.15) is 105 Å². The molecule has 22 heteroatoms. The van der Waals surface area contributed by atoms with Crippen molar-refractivity contribution in [2.24, 2.45) is 23.7 Å². The number of aliphatic carboxylic acids is 3. The molecule has 510 valence electrons. The number of hydrogen-bond donors (Lipinski definition) is 3. The first kappa shape index (κ1) is 80.4. The molecule has 0 aliphatic heterocycles. The van der Waals surface area contributed by atoms with Crippen molar-refractivity contribution in [3.8, 4) is 0 Å². The summed E-state index contributed by atoms with van der Waals surface area (Å²) in [5.74, 6) is -12.8. The molecule has 0 aliphatic carbocycles. The summed E-state index contributed by atoms with van der Waals surface area (Å²) in [5, 5.41) is 41.1. The van der Waals surface area contributed by atoms with Crippen LogP contribution in [0.5, 0.6) is 0 Å². The van der Waals surface area contributed by atoms with E-state index >= 15 is 0 Å². The maximum atomic E-state index is 14.4. The zero-order valence-electron chi connectivity index (χ0n) is 55.7. The minimum absolute atomic E-state index is 0. The molecule has 4 atom stereocenters. The number of hydrazine groups is 4. The summed E-state index contributed by atoms with van der Waals surface area (Å²) in [6.45, 7) is 7.75. The van der Waals surface area contributed by atoms with Crippen LogP contribution >= 0.6 is 0 Å². The van der Waals surface area contributed by atoms with Crippen LogP contribution in [0.15, 0.2) is 243 Å². The molecular weight excluding hydrogens is 1270 g/mol. The van der Waals surface area contributed by atoms with Gasteiger partial charge in [-0.25, -0.2) is 19.8 Å². The van der Waals surface area contributed by atoms with Gasteiger partial charge < -0.3 is 40.0 Å². The van der Waals surface area contributed by atoms with Crippen LogP contribution in [-0.2, 0) is 43.2 Å². The zero-order valence-corrected chi connectivity index (χ0v) is 57.9. The van der Waals surface area contributed by atoms with E-state index < -0.39 is 71.2 Å². The second kappa shape index (κ2) is 43.9. The first-order valence-electron chi connectivity index (χ1n) is 32.3. The number of rotatable bonds is 33. The molecule has 4 amide bonds. The molecule has 0 saturated heterocycles. The van der Waals surface area contributed by atoms with Crippen LogP contribution in [-0.4, -0.2) is 90.7 Å². The summed E-state index contributed by atoms with van der Waals surface area (Å²) in [6.07, 6.45) is 6.02. The standard InChI is InChI=1S/C38H42N4O6.2C19H22N2O3.Ca.H2O/c1-3-5-27-33(37(45)46)36(44)41(31-23-15-9-16-24-31)42(32-25-17-10-18-26-32)48-38(47)34(28-6-4-2)35(43)40(30-21-13-8-14-22-30)39-29-19-11-7-12-20-29;2*1-2-3-14-17(19(23)24)18(22)21(16-12-8-5-9-13-16)20-15-10-6-4-7-11-15;;/h7-26,33-34,39H,3-6,27-28H2,1-2H3,(H,45,46);2*4-13,17,20H,2-3,14H2,1H3,(H,23,24);;1H2/q;;;+2;/p-4. The van der Waals surface area contributed by atoms with E-state index in [9.17, 15) is 53.7 Å². The normalized spacial score (nSPS) is 11.5. The molecule has 0 saturated carbocycles. The molecule has 0 spiro atoms. The van der Waals surface area contributed by atoms with Gasteiger partial charge in [-0.2, -0.15) is 5.01 Å². The van der Waals surface area contributed by atoms with Crippen molar-refractivity contribution in [3.63, 3.8) is 0 Å². The van der Waals surface area contributed by atoms with Crippen LogP contribution in [0.2, 0.25) is 0 Å². The molecule has 0 heterocycles. The molecule has 0 aromatic heterocycles. The van der Waals surface area contributed by atoms with Gasteiger partial charge in [0.25, 0.3) is 23.6 Å². The molecule has 98 heavy (non-hydrogen) atoms. The first-order valence-corrected chi connectivity index (χ1v) is 32.3. The summed E-state index contributed by atoms with van der Waals surface area (Å²) < 4.78 is 0. The summed E-state index contributed by atoms with van der Waals surface area (Å²) >= 11 is 0. The number of carbonyl (C=O) groups is 8. The Labute approximate surface area is 603 Å². The number of anilines is 8. The van der Waals surface area contributed by atoms with Crippen molar-refractivity contribution < 1.29 is 64.0 Å². The number of hydrogen-bond acceptors (Lipinski definition) is 17. The van der Waals surface area contributed by atoms with Gasteiger partial charge in [0.1, 0.15) is 11.6 Å². The molecular formula is C76H84CaN8O13-2. The molecule has 8 aromatic carbocycles. The van der Waals surface area contributed by atoms with Crippen molar-refractivity contribution in [1.29, 1.82) is 0 Å². The van der Waals surface area contributed by atoms with Gasteiger partial charge in [0.05, 0.1) is 75.5 Å². The molecule has 21 nitrogen and oxygen atoms in total. The van der Waals surface area contributed by atoms with Crippen molar-refractivity contribution in [1.82, 2.24) is 0 Å². The minimum atomic E-state index is -1.53. The fourth-order valence-electron chi connectivity index (χ4n) is 9.82. The minimum Gasteiger partial charge on any atom is -0.870 e. The molecule has 4 unspecified atom stereocenters. The van der Waals surface area contributed by atoms with E-state index in [1.807, 2.05) is 125 Å². The molecule has 0 bridgehead atoms. The summed E-state index contributed by atoms with van der Waals surface area (Å²) in [6, 6.07) is 70.9. The third kappa shape index (κ3) is 24.9. The Balaban J connectivity index is 0.000000343. The SMILES string of the molecule is CCCCC(C(=O)ON(c1ccccc1)N(C(=O)C(CCCC)C(=O)[O-])c1ccccc1)C(=O)N(Nc1ccccc1)c1ccccc1.CCCCC(C(=O)[O-])C(=O)N(Nc1ccccc1)c1ccccc1.CCCCC(C(=O)[O-])C(=O)N(Nc1ccccc1)c1ccccc1.[Ca+2].[OH-].